The number of aromatic nitrogens is 2. The van der Waals surface area contributed by atoms with E-state index in [1.165, 1.54) is 0 Å². The van der Waals surface area contributed by atoms with Gasteiger partial charge in [-0.1, -0.05) is 0 Å². The topological polar surface area (TPSA) is 85.4 Å². The molecule has 1 aliphatic rings. The lowest BCUT2D eigenvalue weighted by molar-refractivity contribution is 0.102. The number of methoxy groups -OCH3 is 2. The molecule has 2 N–H and O–H groups in total. The van der Waals surface area contributed by atoms with E-state index in [9.17, 15) is 4.79 Å². The van der Waals surface area contributed by atoms with Crippen molar-refractivity contribution in [3.63, 3.8) is 0 Å². The van der Waals surface area contributed by atoms with Gasteiger partial charge in [-0.05, 0) is 37.1 Å². The fourth-order valence-electron chi connectivity index (χ4n) is 2.08. The maximum Gasteiger partial charge on any atom is 0.276 e. The molecule has 1 fully saturated rings. The van der Waals surface area contributed by atoms with Crippen LogP contribution in [-0.4, -0.2) is 36.4 Å². The molecule has 2 aromatic rings. The Bertz CT molecular complexity index is 699. The zero-order valence-electron chi connectivity index (χ0n) is 13.0. The highest BCUT2D eigenvalue weighted by Crippen LogP contribution is 2.29. The van der Waals surface area contributed by atoms with Crippen LogP contribution in [0.1, 0.15) is 23.3 Å². The Hall–Kier alpha value is -2.83. The van der Waals surface area contributed by atoms with E-state index in [0.29, 0.717) is 29.0 Å². The number of ether oxygens (including phenoxy) is 2. The molecule has 0 unspecified atom stereocenters. The van der Waals surface area contributed by atoms with Gasteiger partial charge >= 0.3 is 0 Å². The van der Waals surface area contributed by atoms with E-state index in [0.717, 1.165) is 12.8 Å². The molecule has 7 heteroatoms. The van der Waals surface area contributed by atoms with E-state index in [-0.39, 0.29) is 11.6 Å². The number of carbonyl (C=O) groups is 1. The summed E-state index contributed by atoms with van der Waals surface area (Å²) in [4.78, 5) is 12.2. The quantitative estimate of drug-likeness (QED) is 0.851. The summed E-state index contributed by atoms with van der Waals surface area (Å²) in [7, 11) is 3.10. The number of anilines is 2. The summed E-state index contributed by atoms with van der Waals surface area (Å²) in [6.07, 6.45) is 2.31. The minimum absolute atomic E-state index is 0.251. The van der Waals surface area contributed by atoms with Crippen molar-refractivity contribution >= 4 is 17.4 Å². The molecule has 1 amide bonds. The third kappa shape index (κ3) is 3.68. The predicted octanol–water partition coefficient (Wildman–Crippen LogP) is 2.32. The number of hydrogen-bond acceptors (Lipinski definition) is 6. The first-order valence-corrected chi connectivity index (χ1v) is 7.33. The highest BCUT2D eigenvalue weighted by Gasteiger charge is 2.21. The normalized spacial score (nSPS) is 13.3. The second kappa shape index (κ2) is 6.51. The van der Waals surface area contributed by atoms with E-state index >= 15 is 0 Å². The molecule has 7 nitrogen and oxygen atoms in total. The summed E-state index contributed by atoms with van der Waals surface area (Å²) in [6.45, 7) is 0. The van der Waals surface area contributed by atoms with E-state index < -0.39 is 0 Å². The Morgan fingerprint density at radius 3 is 2.48 bits per heavy atom. The molecule has 1 aromatic carbocycles. The van der Waals surface area contributed by atoms with Crippen molar-refractivity contribution in [3.8, 4) is 11.5 Å². The Morgan fingerprint density at radius 1 is 1.09 bits per heavy atom. The molecule has 1 aromatic heterocycles. The van der Waals surface area contributed by atoms with Gasteiger partial charge in [-0.2, -0.15) is 0 Å². The maximum atomic E-state index is 12.2. The average molecular weight is 314 g/mol. The van der Waals surface area contributed by atoms with Crippen LogP contribution in [0.4, 0.5) is 11.5 Å². The first-order valence-electron chi connectivity index (χ1n) is 7.33. The molecule has 1 aliphatic carbocycles. The van der Waals surface area contributed by atoms with Crippen LogP contribution in [-0.2, 0) is 0 Å². The van der Waals surface area contributed by atoms with E-state index in [1.807, 2.05) is 0 Å². The Labute approximate surface area is 134 Å². The Kier molecular flexibility index (Phi) is 4.27. The van der Waals surface area contributed by atoms with Crippen molar-refractivity contribution in [3.05, 3.63) is 36.0 Å². The number of benzene rings is 1. The highest BCUT2D eigenvalue weighted by atomic mass is 16.5. The van der Waals surface area contributed by atoms with Gasteiger partial charge in [0.2, 0.25) is 0 Å². The highest BCUT2D eigenvalue weighted by molar-refractivity contribution is 6.02. The molecule has 120 valence electrons. The van der Waals surface area contributed by atoms with Crippen molar-refractivity contribution in [2.24, 2.45) is 0 Å². The van der Waals surface area contributed by atoms with Gasteiger partial charge in [-0.15, -0.1) is 10.2 Å². The number of nitrogens with one attached hydrogen (secondary N) is 2. The van der Waals surface area contributed by atoms with Gasteiger partial charge in [-0.3, -0.25) is 4.79 Å². The van der Waals surface area contributed by atoms with Gasteiger partial charge in [-0.25, -0.2) is 0 Å². The first-order chi connectivity index (χ1) is 11.2. The zero-order chi connectivity index (χ0) is 16.2. The summed E-state index contributed by atoms with van der Waals surface area (Å²) >= 11 is 0. The van der Waals surface area contributed by atoms with Gasteiger partial charge in [0.1, 0.15) is 5.82 Å². The van der Waals surface area contributed by atoms with Crippen molar-refractivity contribution < 1.29 is 14.3 Å². The van der Waals surface area contributed by atoms with Crippen molar-refractivity contribution in [2.45, 2.75) is 18.9 Å². The van der Waals surface area contributed by atoms with Crippen LogP contribution in [0.5, 0.6) is 11.5 Å². The van der Waals surface area contributed by atoms with Crippen LogP contribution in [0.25, 0.3) is 0 Å². The van der Waals surface area contributed by atoms with Crippen LogP contribution < -0.4 is 20.1 Å². The fourth-order valence-corrected chi connectivity index (χ4v) is 2.08. The lowest BCUT2D eigenvalue weighted by atomic mass is 10.2. The number of carbonyl (C=O) groups excluding carboxylic acids is 1. The summed E-state index contributed by atoms with van der Waals surface area (Å²) in [5.41, 5.74) is 0.843. The van der Waals surface area contributed by atoms with Crippen LogP contribution in [0.3, 0.4) is 0 Å². The molecule has 0 bridgehead atoms. The minimum atomic E-state index is -0.331. The lowest BCUT2D eigenvalue weighted by Crippen LogP contribution is -2.15. The van der Waals surface area contributed by atoms with Gasteiger partial charge in [0.15, 0.2) is 17.2 Å². The van der Waals surface area contributed by atoms with Crippen LogP contribution >= 0.6 is 0 Å². The summed E-state index contributed by atoms with van der Waals surface area (Å²) in [5.74, 6) is 1.50. The molecule has 0 saturated heterocycles. The number of amides is 1. The minimum Gasteiger partial charge on any atom is -0.493 e. The van der Waals surface area contributed by atoms with Gasteiger partial charge < -0.3 is 20.1 Å². The smallest absolute Gasteiger partial charge is 0.276 e. The van der Waals surface area contributed by atoms with Crippen LogP contribution in [0.2, 0.25) is 0 Å². The maximum absolute atomic E-state index is 12.2. The number of nitrogens with zero attached hydrogens (tertiary/aromatic N) is 2. The second-order valence-corrected chi connectivity index (χ2v) is 5.25. The molecule has 3 rings (SSSR count). The largest absolute Gasteiger partial charge is 0.493 e. The van der Waals surface area contributed by atoms with E-state index in [1.54, 1.807) is 44.6 Å². The predicted molar refractivity (Wildman–Crippen MR) is 86.2 cm³/mol. The van der Waals surface area contributed by atoms with Crippen LogP contribution in [0.15, 0.2) is 30.3 Å². The summed E-state index contributed by atoms with van der Waals surface area (Å²) in [6, 6.07) is 9.05. The summed E-state index contributed by atoms with van der Waals surface area (Å²) < 4.78 is 10.4. The molecule has 0 aliphatic heterocycles. The molecular formula is C16H18N4O3. The van der Waals surface area contributed by atoms with Crippen molar-refractivity contribution in [2.75, 3.05) is 24.9 Å². The third-order valence-electron chi connectivity index (χ3n) is 3.47. The van der Waals surface area contributed by atoms with E-state index in [4.69, 9.17) is 9.47 Å². The average Bonchev–Trinajstić information content (AvgIpc) is 3.39. The van der Waals surface area contributed by atoms with Crippen LogP contribution in [0, 0.1) is 0 Å². The lowest BCUT2D eigenvalue weighted by Gasteiger charge is -2.10. The zero-order valence-corrected chi connectivity index (χ0v) is 13.0. The SMILES string of the molecule is COc1ccc(NC(=O)c2ccc(NC3CC3)nn2)cc1OC. The molecular weight excluding hydrogens is 296 g/mol. The monoisotopic (exact) mass is 314 g/mol. The van der Waals surface area contributed by atoms with Gasteiger partial charge in [0.25, 0.3) is 5.91 Å². The molecule has 0 spiro atoms. The van der Waals surface area contributed by atoms with Gasteiger partial charge in [0.05, 0.1) is 14.2 Å². The Balaban J connectivity index is 1.68. The van der Waals surface area contributed by atoms with Crippen molar-refractivity contribution in [1.29, 1.82) is 0 Å². The van der Waals surface area contributed by atoms with Crippen molar-refractivity contribution in [1.82, 2.24) is 10.2 Å². The molecule has 23 heavy (non-hydrogen) atoms. The number of rotatable bonds is 6. The third-order valence-corrected chi connectivity index (χ3v) is 3.47. The standard InChI is InChI=1S/C16H18N4O3/c1-22-13-7-5-11(9-14(13)23-2)18-16(21)12-6-8-15(20-19-12)17-10-3-4-10/h5-10H,3-4H2,1-2H3,(H,17,20)(H,18,21). The second-order valence-electron chi connectivity index (χ2n) is 5.25. The van der Waals surface area contributed by atoms with Gasteiger partial charge in [0, 0.05) is 17.8 Å². The molecule has 1 heterocycles. The fraction of sp³-hybridized carbons (Fsp3) is 0.312. The van der Waals surface area contributed by atoms with E-state index in [2.05, 4.69) is 20.8 Å². The molecule has 0 atom stereocenters. The number of hydrogen-bond donors (Lipinski definition) is 2. The Morgan fingerprint density at radius 2 is 1.87 bits per heavy atom. The molecule has 0 radical (unpaired) electrons. The molecule has 1 saturated carbocycles. The summed E-state index contributed by atoms with van der Waals surface area (Å²) in [5, 5.41) is 14.0. The first kappa shape index (κ1) is 15.1.